The summed E-state index contributed by atoms with van der Waals surface area (Å²) in [5.74, 6) is -0.875. The summed E-state index contributed by atoms with van der Waals surface area (Å²) in [7, 11) is 0. The summed E-state index contributed by atoms with van der Waals surface area (Å²) < 4.78 is 48.5. The first-order valence-corrected chi connectivity index (χ1v) is 14.6. The van der Waals surface area contributed by atoms with Gasteiger partial charge in [0.05, 0.1) is 112 Å². The minimum atomic E-state index is -0.875. The van der Waals surface area contributed by atoms with Crippen molar-refractivity contribution in [3.63, 3.8) is 0 Å². The number of hydrogen-bond donors (Lipinski definition) is 2. The highest BCUT2D eigenvalue weighted by atomic mass is 16.6. The number of hydrogen-bond acceptors (Lipinski definition) is 11. The molecule has 0 saturated carbocycles. The summed E-state index contributed by atoms with van der Waals surface area (Å²) in [6.45, 7) is 7.38. The number of rotatable bonds is 28. The predicted molar refractivity (Wildman–Crippen MR) is 149 cm³/mol. The van der Waals surface area contributed by atoms with Crippen LogP contribution in [0.2, 0.25) is 0 Å². The average Bonchev–Trinajstić information content (AvgIpc) is 2.94. The van der Waals surface area contributed by atoms with Crippen molar-refractivity contribution in [3.8, 4) is 0 Å². The molecule has 0 bridgehead atoms. The van der Waals surface area contributed by atoms with E-state index in [0.29, 0.717) is 106 Å². The highest BCUT2D eigenvalue weighted by molar-refractivity contribution is 5.67. The van der Waals surface area contributed by atoms with Gasteiger partial charge in [0.25, 0.3) is 0 Å². The lowest BCUT2D eigenvalue weighted by atomic mass is 10.0. The zero-order chi connectivity index (χ0) is 29.5. The van der Waals surface area contributed by atoms with Crippen LogP contribution in [0.5, 0.6) is 0 Å². The van der Waals surface area contributed by atoms with Gasteiger partial charge in [0.15, 0.2) is 0 Å². The van der Waals surface area contributed by atoms with Gasteiger partial charge in [-0.1, -0.05) is 12.2 Å². The van der Waals surface area contributed by atoms with Crippen molar-refractivity contribution in [2.24, 2.45) is 0 Å². The average molecular weight is 594 g/mol. The zero-order valence-electron chi connectivity index (χ0n) is 24.4. The van der Waals surface area contributed by atoms with Crippen LogP contribution in [0.1, 0.15) is 38.5 Å². The molecule has 0 aromatic carbocycles. The number of amides is 1. The van der Waals surface area contributed by atoms with Crippen molar-refractivity contribution in [3.05, 3.63) is 12.2 Å². The molecule has 240 valence electrons. The van der Waals surface area contributed by atoms with Gasteiger partial charge < -0.3 is 53.1 Å². The van der Waals surface area contributed by atoms with Gasteiger partial charge in [-0.15, -0.1) is 0 Å². The smallest absolute Gasteiger partial charge is 0.407 e. The third-order valence-electron chi connectivity index (χ3n) is 5.57. The lowest BCUT2D eigenvalue weighted by Gasteiger charge is -2.18. The van der Waals surface area contributed by atoms with Crippen LogP contribution in [0.25, 0.3) is 0 Å². The van der Waals surface area contributed by atoms with Gasteiger partial charge in [-0.25, -0.2) is 4.79 Å². The van der Waals surface area contributed by atoms with Gasteiger partial charge in [0.1, 0.15) is 6.10 Å². The second kappa shape index (κ2) is 29.6. The quantitative estimate of drug-likeness (QED) is 0.101. The summed E-state index contributed by atoms with van der Waals surface area (Å²) in [6, 6.07) is 0. The van der Waals surface area contributed by atoms with E-state index in [0.717, 1.165) is 32.1 Å². The van der Waals surface area contributed by atoms with E-state index in [-0.39, 0.29) is 25.2 Å². The van der Waals surface area contributed by atoms with E-state index in [2.05, 4.69) is 17.5 Å². The maximum absolute atomic E-state index is 11.9. The molecule has 1 aliphatic carbocycles. The minimum absolute atomic E-state index is 0.00341. The molecule has 1 amide bonds. The van der Waals surface area contributed by atoms with E-state index in [1.807, 2.05) is 0 Å². The second-order valence-corrected chi connectivity index (χ2v) is 8.98. The van der Waals surface area contributed by atoms with Crippen LogP contribution in [0.3, 0.4) is 0 Å². The largest absolute Gasteiger partial charge is 0.481 e. The third-order valence-corrected chi connectivity index (χ3v) is 5.57. The van der Waals surface area contributed by atoms with Crippen molar-refractivity contribution in [2.75, 3.05) is 112 Å². The summed E-state index contributed by atoms with van der Waals surface area (Å²) in [4.78, 5) is 22.2. The van der Waals surface area contributed by atoms with Crippen molar-refractivity contribution < 1.29 is 57.3 Å². The van der Waals surface area contributed by atoms with Crippen LogP contribution in [0, 0.1) is 0 Å². The van der Waals surface area contributed by atoms with E-state index in [1.54, 1.807) is 0 Å². The van der Waals surface area contributed by atoms with Gasteiger partial charge in [-0.3, -0.25) is 4.79 Å². The summed E-state index contributed by atoms with van der Waals surface area (Å²) in [5.41, 5.74) is 0. The molecule has 0 aromatic heterocycles. The molecule has 0 radical (unpaired) electrons. The Balaban J connectivity index is 1.68. The first kappa shape index (κ1) is 37.2. The Morgan fingerprint density at radius 2 is 1.00 bits per heavy atom. The summed E-state index contributed by atoms with van der Waals surface area (Å²) in [5, 5.41) is 11.2. The number of aliphatic carboxylic acids is 1. The van der Waals surface area contributed by atoms with Crippen molar-refractivity contribution >= 4 is 12.1 Å². The van der Waals surface area contributed by atoms with E-state index >= 15 is 0 Å². The molecule has 0 aromatic rings. The Labute approximate surface area is 244 Å². The lowest BCUT2D eigenvalue weighted by molar-refractivity contribution is -0.138. The Bertz CT molecular complexity index is 637. The fourth-order valence-electron chi connectivity index (χ4n) is 3.46. The number of carboxylic acid groups (broad SMARTS) is 1. The SMILES string of the molecule is O=C(O)CCOCCOCCOCCOCCOCCOCCOCCOCCNC(=O)O[C@H]1CC/C=C/CCC1. The number of carbonyl (C=O) groups excluding carboxylic acids is 1. The molecule has 0 unspecified atom stereocenters. The fourth-order valence-corrected chi connectivity index (χ4v) is 3.46. The Morgan fingerprint density at radius 3 is 1.46 bits per heavy atom. The van der Waals surface area contributed by atoms with Gasteiger partial charge in [-0.05, 0) is 32.1 Å². The lowest BCUT2D eigenvalue weighted by Crippen LogP contribution is -2.31. The first-order valence-electron chi connectivity index (χ1n) is 14.6. The van der Waals surface area contributed by atoms with Gasteiger partial charge in [0.2, 0.25) is 0 Å². The van der Waals surface area contributed by atoms with Crippen LogP contribution in [-0.2, 0) is 47.4 Å². The molecule has 0 spiro atoms. The zero-order valence-corrected chi connectivity index (χ0v) is 24.4. The number of ether oxygens (including phenoxy) is 9. The van der Waals surface area contributed by atoms with Crippen LogP contribution in [-0.4, -0.2) is 136 Å². The normalized spacial score (nSPS) is 16.1. The molecule has 0 fully saturated rings. The Hall–Kier alpha value is -1.84. The van der Waals surface area contributed by atoms with Crippen LogP contribution >= 0.6 is 0 Å². The molecule has 1 atom stereocenters. The molecule has 41 heavy (non-hydrogen) atoms. The monoisotopic (exact) mass is 593 g/mol. The van der Waals surface area contributed by atoms with Crippen molar-refractivity contribution in [1.29, 1.82) is 0 Å². The highest BCUT2D eigenvalue weighted by Crippen LogP contribution is 2.15. The molecule has 13 heteroatoms. The first-order chi connectivity index (χ1) is 20.2. The third kappa shape index (κ3) is 28.1. The summed E-state index contributed by atoms with van der Waals surface area (Å²) >= 11 is 0. The fraction of sp³-hybridized carbons (Fsp3) is 0.857. The maximum Gasteiger partial charge on any atom is 0.407 e. The molecule has 0 saturated heterocycles. The Kier molecular flexibility index (Phi) is 26.9. The van der Waals surface area contributed by atoms with Crippen LogP contribution in [0.15, 0.2) is 12.2 Å². The number of carbonyl (C=O) groups is 2. The number of nitrogens with one attached hydrogen (secondary N) is 1. The van der Waals surface area contributed by atoms with Gasteiger partial charge in [0, 0.05) is 6.54 Å². The van der Waals surface area contributed by atoms with E-state index in [9.17, 15) is 9.59 Å². The number of alkyl carbamates (subject to hydrolysis) is 1. The molecule has 13 nitrogen and oxygen atoms in total. The highest BCUT2D eigenvalue weighted by Gasteiger charge is 2.14. The molecular formula is C28H51NO12. The maximum atomic E-state index is 11.9. The van der Waals surface area contributed by atoms with E-state index in [4.69, 9.17) is 47.7 Å². The summed E-state index contributed by atoms with van der Waals surface area (Å²) in [6.07, 6.45) is 8.78. The standard InChI is InChI=1S/C28H51NO12/c30-27(31)8-10-33-12-14-35-16-18-37-20-22-39-24-25-40-23-21-38-19-17-36-15-13-34-11-9-29-28(32)41-26-6-4-2-1-3-5-7-26/h1-2,26H,3-25H2,(H,29,32)(H,30,31)/b2-1+/t26-/m0/s1. The Morgan fingerprint density at radius 1 is 0.585 bits per heavy atom. The van der Waals surface area contributed by atoms with E-state index < -0.39 is 5.97 Å². The second-order valence-electron chi connectivity index (χ2n) is 8.98. The van der Waals surface area contributed by atoms with Gasteiger partial charge in [-0.2, -0.15) is 0 Å². The molecule has 1 rings (SSSR count). The van der Waals surface area contributed by atoms with Crippen LogP contribution < -0.4 is 5.32 Å². The molecular weight excluding hydrogens is 542 g/mol. The van der Waals surface area contributed by atoms with Crippen LogP contribution in [0.4, 0.5) is 4.79 Å². The topological polar surface area (TPSA) is 149 Å². The van der Waals surface area contributed by atoms with Crippen molar-refractivity contribution in [1.82, 2.24) is 5.32 Å². The molecule has 0 aliphatic heterocycles. The molecule has 0 heterocycles. The number of carboxylic acids is 1. The van der Waals surface area contributed by atoms with Gasteiger partial charge >= 0.3 is 12.1 Å². The predicted octanol–water partition coefficient (Wildman–Crippen LogP) is 2.21. The van der Waals surface area contributed by atoms with E-state index in [1.165, 1.54) is 0 Å². The minimum Gasteiger partial charge on any atom is -0.481 e. The molecule has 2 N–H and O–H groups in total. The van der Waals surface area contributed by atoms with Crippen molar-refractivity contribution in [2.45, 2.75) is 44.6 Å². The molecule has 1 aliphatic rings. The number of allylic oxidation sites excluding steroid dienone is 2.